The number of nitrogens with one attached hydrogen (secondary N) is 1. The fourth-order valence-corrected chi connectivity index (χ4v) is 2.88. The lowest BCUT2D eigenvalue weighted by atomic mass is 10.1. The van der Waals surface area contributed by atoms with Crippen molar-refractivity contribution in [3.8, 4) is 0 Å². The molecule has 2 rings (SSSR count). The van der Waals surface area contributed by atoms with Gasteiger partial charge in [0.2, 0.25) is 5.91 Å². The van der Waals surface area contributed by atoms with Gasteiger partial charge >= 0.3 is 6.09 Å². The number of ether oxygens (including phenoxy) is 1. The summed E-state index contributed by atoms with van der Waals surface area (Å²) in [5.74, 6) is -0.709. The fourth-order valence-electron chi connectivity index (χ4n) is 2.88. The SMILES string of the molecule is CC(C)(C)OC(=O)N1C[C@@H](N=[N+]=[N-])C[C@@H]1C(=O)NCCc1ccccc1F. The van der Waals surface area contributed by atoms with Gasteiger partial charge in [-0.15, -0.1) is 0 Å². The molecule has 0 unspecified atom stereocenters. The van der Waals surface area contributed by atoms with Gasteiger partial charge in [-0.05, 0) is 50.8 Å². The molecule has 1 saturated heterocycles. The number of carbonyl (C=O) groups excluding carboxylic acids is 2. The van der Waals surface area contributed by atoms with Gasteiger partial charge in [-0.1, -0.05) is 23.3 Å². The van der Waals surface area contributed by atoms with Gasteiger partial charge in [-0.25, -0.2) is 9.18 Å². The molecule has 1 aromatic carbocycles. The number of hydrogen-bond acceptors (Lipinski definition) is 4. The molecule has 0 aromatic heterocycles. The maximum absolute atomic E-state index is 13.6. The van der Waals surface area contributed by atoms with Crippen molar-refractivity contribution in [1.29, 1.82) is 0 Å². The van der Waals surface area contributed by atoms with Crippen LogP contribution in [0.5, 0.6) is 0 Å². The lowest BCUT2D eigenvalue weighted by molar-refractivity contribution is -0.125. The lowest BCUT2D eigenvalue weighted by Crippen LogP contribution is -2.47. The molecule has 8 nitrogen and oxygen atoms in total. The third kappa shape index (κ3) is 5.86. The second-order valence-electron chi connectivity index (χ2n) is 7.38. The summed E-state index contributed by atoms with van der Waals surface area (Å²) >= 11 is 0. The predicted molar refractivity (Wildman–Crippen MR) is 97.4 cm³/mol. The molecule has 1 heterocycles. The first-order valence-electron chi connectivity index (χ1n) is 8.76. The van der Waals surface area contributed by atoms with Crippen LogP contribution < -0.4 is 5.32 Å². The van der Waals surface area contributed by atoms with Crippen LogP contribution in [0, 0.1) is 5.82 Å². The molecular formula is C18H24FN5O3. The molecule has 146 valence electrons. The van der Waals surface area contributed by atoms with Crippen molar-refractivity contribution < 1.29 is 18.7 Å². The Labute approximate surface area is 157 Å². The van der Waals surface area contributed by atoms with Crippen LogP contribution >= 0.6 is 0 Å². The van der Waals surface area contributed by atoms with Crippen molar-refractivity contribution in [3.63, 3.8) is 0 Å². The van der Waals surface area contributed by atoms with Gasteiger partial charge in [-0.2, -0.15) is 0 Å². The average molecular weight is 377 g/mol. The van der Waals surface area contributed by atoms with E-state index in [9.17, 15) is 14.0 Å². The van der Waals surface area contributed by atoms with E-state index in [0.29, 0.717) is 12.0 Å². The average Bonchev–Trinajstić information content (AvgIpc) is 2.99. The van der Waals surface area contributed by atoms with Crippen molar-refractivity contribution in [2.45, 2.75) is 51.3 Å². The van der Waals surface area contributed by atoms with E-state index in [1.54, 1.807) is 39.0 Å². The van der Waals surface area contributed by atoms with Crippen LogP contribution in [0.3, 0.4) is 0 Å². The van der Waals surface area contributed by atoms with E-state index in [2.05, 4.69) is 15.3 Å². The monoisotopic (exact) mass is 377 g/mol. The van der Waals surface area contributed by atoms with E-state index in [4.69, 9.17) is 10.3 Å². The molecule has 0 bridgehead atoms. The number of azide groups is 1. The Hall–Kier alpha value is -2.80. The van der Waals surface area contributed by atoms with Crippen LogP contribution in [0.1, 0.15) is 32.8 Å². The van der Waals surface area contributed by atoms with Crippen molar-refractivity contribution in [2.24, 2.45) is 5.11 Å². The van der Waals surface area contributed by atoms with Crippen LogP contribution in [0.25, 0.3) is 10.4 Å². The number of rotatable bonds is 5. The zero-order chi connectivity index (χ0) is 20.0. The molecule has 2 amide bonds. The number of halogens is 1. The fraction of sp³-hybridized carbons (Fsp3) is 0.556. The summed E-state index contributed by atoms with van der Waals surface area (Å²) in [6.45, 7) is 5.54. The Bertz CT molecular complexity index is 743. The minimum absolute atomic E-state index is 0.115. The van der Waals surface area contributed by atoms with E-state index in [-0.39, 0.29) is 31.2 Å². The van der Waals surface area contributed by atoms with Crippen molar-refractivity contribution in [3.05, 3.63) is 46.1 Å². The summed E-state index contributed by atoms with van der Waals surface area (Å²) in [6.07, 6.45) is -0.0842. The molecule has 9 heteroatoms. The highest BCUT2D eigenvalue weighted by molar-refractivity contribution is 5.86. The van der Waals surface area contributed by atoms with Crippen LogP contribution in [-0.4, -0.2) is 47.7 Å². The highest BCUT2D eigenvalue weighted by atomic mass is 19.1. The van der Waals surface area contributed by atoms with Crippen molar-refractivity contribution >= 4 is 12.0 Å². The predicted octanol–water partition coefficient (Wildman–Crippen LogP) is 3.17. The number of hydrogen-bond donors (Lipinski definition) is 1. The van der Waals surface area contributed by atoms with Crippen LogP contribution in [0.4, 0.5) is 9.18 Å². The summed E-state index contributed by atoms with van der Waals surface area (Å²) in [7, 11) is 0. The molecule has 0 saturated carbocycles. The second-order valence-corrected chi connectivity index (χ2v) is 7.38. The first kappa shape index (κ1) is 20.5. The van der Waals surface area contributed by atoms with Gasteiger partial charge in [0.05, 0.1) is 6.04 Å². The standard InChI is InChI=1S/C18H24FN5O3/c1-18(2,3)27-17(26)24-11-13(22-23-20)10-15(24)16(25)21-9-8-12-6-4-5-7-14(12)19/h4-7,13,15H,8-11H2,1-3H3,(H,21,25)/t13-,15+/m0/s1. The van der Waals surface area contributed by atoms with Gasteiger partial charge in [0.25, 0.3) is 0 Å². The van der Waals surface area contributed by atoms with Gasteiger partial charge in [-0.3, -0.25) is 9.69 Å². The highest BCUT2D eigenvalue weighted by Gasteiger charge is 2.41. The Balaban J connectivity index is 2.00. The smallest absolute Gasteiger partial charge is 0.410 e. The number of amides is 2. The van der Waals surface area contributed by atoms with Crippen LogP contribution in [0.2, 0.25) is 0 Å². The van der Waals surface area contributed by atoms with Crippen molar-refractivity contribution in [2.75, 3.05) is 13.1 Å². The van der Waals surface area contributed by atoms with Gasteiger partial charge < -0.3 is 10.1 Å². The Kier molecular flexibility index (Phi) is 6.63. The molecule has 27 heavy (non-hydrogen) atoms. The summed E-state index contributed by atoms with van der Waals surface area (Å²) in [4.78, 5) is 29.0. The van der Waals surface area contributed by atoms with Crippen LogP contribution in [0.15, 0.2) is 29.4 Å². The Morgan fingerprint density at radius 1 is 1.41 bits per heavy atom. The molecule has 1 aromatic rings. The van der Waals surface area contributed by atoms with Gasteiger partial charge in [0.15, 0.2) is 0 Å². The molecule has 1 aliphatic rings. The zero-order valence-electron chi connectivity index (χ0n) is 15.7. The normalized spacial score (nSPS) is 19.3. The topological polar surface area (TPSA) is 107 Å². The summed E-state index contributed by atoms with van der Waals surface area (Å²) in [5.41, 5.74) is 8.44. The van der Waals surface area contributed by atoms with E-state index >= 15 is 0 Å². The quantitative estimate of drug-likeness (QED) is 0.484. The molecule has 2 atom stereocenters. The van der Waals surface area contributed by atoms with Crippen LogP contribution in [-0.2, 0) is 16.0 Å². The molecule has 0 spiro atoms. The summed E-state index contributed by atoms with van der Waals surface area (Å²) in [6, 6.07) is 5.06. The summed E-state index contributed by atoms with van der Waals surface area (Å²) in [5, 5.41) is 6.35. The largest absolute Gasteiger partial charge is 0.444 e. The van der Waals surface area contributed by atoms with E-state index in [1.165, 1.54) is 11.0 Å². The molecule has 0 radical (unpaired) electrons. The maximum Gasteiger partial charge on any atom is 0.410 e. The minimum Gasteiger partial charge on any atom is -0.444 e. The third-order valence-electron chi connectivity index (χ3n) is 4.08. The van der Waals surface area contributed by atoms with E-state index in [1.807, 2.05) is 0 Å². The number of carbonyl (C=O) groups is 2. The number of likely N-dealkylation sites (tertiary alicyclic amines) is 1. The Morgan fingerprint density at radius 3 is 2.74 bits per heavy atom. The maximum atomic E-state index is 13.6. The zero-order valence-corrected chi connectivity index (χ0v) is 15.7. The number of benzene rings is 1. The van der Waals surface area contributed by atoms with Gasteiger partial charge in [0, 0.05) is 18.0 Å². The minimum atomic E-state index is -0.795. The number of nitrogens with zero attached hydrogens (tertiary/aromatic N) is 4. The first-order valence-corrected chi connectivity index (χ1v) is 8.76. The molecule has 1 fully saturated rings. The lowest BCUT2D eigenvalue weighted by Gasteiger charge is -2.28. The van der Waals surface area contributed by atoms with Crippen molar-refractivity contribution in [1.82, 2.24) is 10.2 Å². The third-order valence-corrected chi connectivity index (χ3v) is 4.08. The molecular weight excluding hydrogens is 353 g/mol. The molecule has 1 aliphatic heterocycles. The Morgan fingerprint density at radius 2 is 2.11 bits per heavy atom. The van der Waals surface area contributed by atoms with E-state index in [0.717, 1.165) is 0 Å². The van der Waals surface area contributed by atoms with Gasteiger partial charge in [0.1, 0.15) is 17.5 Å². The highest BCUT2D eigenvalue weighted by Crippen LogP contribution is 2.23. The molecule has 1 N–H and O–H groups in total. The van der Waals surface area contributed by atoms with E-state index < -0.39 is 23.8 Å². The first-order chi connectivity index (χ1) is 12.7. The molecule has 0 aliphatic carbocycles. The second kappa shape index (κ2) is 8.73. The summed E-state index contributed by atoms with van der Waals surface area (Å²) < 4.78 is 19.0.